The molecule has 5 rings (SSSR count). The standard InChI is InChI=1S/C23H18ClN5OS/c24-15-9-10-19(30)18(14-15)29-22(21(27-23(29)31)16-6-1-3-11-25-16)17-7-5-13-28(17)20-8-2-4-12-26-20/h1-14,21-22,30H,(H,27,31)/t21-,22-/m1/s1. The van der Waals surface area contributed by atoms with Gasteiger partial charge in [0.05, 0.1) is 17.4 Å². The number of rotatable bonds is 4. The number of anilines is 1. The molecule has 0 amide bonds. The Labute approximate surface area is 189 Å². The molecule has 3 aromatic heterocycles. The molecule has 2 atom stereocenters. The van der Waals surface area contributed by atoms with Crippen molar-refractivity contribution in [3.8, 4) is 11.6 Å². The molecule has 0 spiro atoms. The summed E-state index contributed by atoms with van der Waals surface area (Å²) in [5, 5.41) is 15.0. The second kappa shape index (κ2) is 8.02. The lowest BCUT2D eigenvalue weighted by Crippen LogP contribution is -2.30. The lowest BCUT2D eigenvalue weighted by atomic mass is 10.0. The summed E-state index contributed by atoms with van der Waals surface area (Å²) in [5.74, 6) is 0.881. The first-order chi connectivity index (χ1) is 15.1. The summed E-state index contributed by atoms with van der Waals surface area (Å²) >= 11 is 12.0. The van der Waals surface area contributed by atoms with E-state index in [1.807, 2.05) is 64.2 Å². The normalized spacial score (nSPS) is 18.2. The number of pyridine rings is 2. The van der Waals surface area contributed by atoms with E-state index < -0.39 is 0 Å². The summed E-state index contributed by atoms with van der Waals surface area (Å²) in [6.07, 6.45) is 5.48. The maximum atomic E-state index is 10.6. The minimum absolute atomic E-state index is 0.0937. The molecule has 4 aromatic rings. The maximum Gasteiger partial charge on any atom is 0.174 e. The molecule has 0 bridgehead atoms. The fourth-order valence-corrected chi connectivity index (χ4v) is 4.45. The van der Waals surface area contributed by atoms with E-state index in [-0.39, 0.29) is 17.8 Å². The number of halogens is 1. The van der Waals surface area contributed by atoms with E-state index in [2.05, 4.69) is 15.3 Å². The van der Waals surface area contributed by atoms with Gasteiger partial charge in [0.1, 0.15) is 17.6 Å². The zero-order valence-corrected chi connectivity index (χ0v) is 17.8. The van der Waals surface area contributed by atoms with Crippen LogP contribution in [0, 0.1) is 0 Å². The highest BCUT2D eigenvalue weighted by molar-refractivity contribution is 7.80. The number of nitrogens with zero attached hydrogens (tertiary/aromatic N) is 4. The number of hydrogen-bond acceptors (Lipinski definition) is 4. The first kappa shape index (κ1) is 19.5. The molecule has 6 nitrogen and oxygen atoms in total. The Morgan fingerprint density at radius 1 is 0.968 bits per heavy atom. The molecule has 0 unspecified atom stereocenters. The molecule has 1 aliphatic heterocycles. The van der Waals surface area contributed by atoms with Crippen molar-refractivity contribution in [2.24, 2.45) is 0 Å². The van der Waals surface area contributed by atoms with Crippen LogP contribution in [0.15, 0.2) is 85.3 Å². The van der Waals surface area contributed by atoms with Crippen LogP contribution in [0.4, 0.5) is 5.69 Å². The van der Waals surface area contributed by atoms with Crippen LogP contribution in [0.25, 0.3) is 5.82 Å². The molecular weight excluding hydrogens is 430 g/mol. The van der Waals surface area contributed by atoms with Gasteiger partial charge in [0.25, 0.3) is 0 Å². The Hall–Kier alpha value is -3.42. The van der Waals surface area contributed by atoms with Crippen LogP contribution in [0.1, 0.15) is 23.5 Å². The van der Waals surface area contributed by atoms with Crippen LogP contribution >= 0.6 is 23.8 Å². The van der Waals surface area contributed by atoms with Crippen molar-refractivity contribution in [1.82, 2.24) is 19.9 Å². The van der Waals surface area contributed by atoms with Crippen molar-refractivity contribution in [1.29, 1.82) is 0 Å². The highest BCUT2D eigenvalue weighted by atomic mass is 35.5. The molecule has 1 aromatic carbocycles. The molecule has 8 heteroatoms. The van der Waals surface area contributed by atoms with E-state index in [1.165, 1.54) is 0 Å². The van der Waals surface area contributed by atoms with E-state index in [0.717, 1.165) is 17.2 Å². The summed E-state index contributed by atoms with van der Waals surface area (Å²) in [6, 6.07) is 19.9. The van der Waals surface area contributed by atoms with E-state index in [9.17, 15) is 5.11 Å². The molecule has 0 aliphatic carbocycles. The topological polar surface area (TPSA) is 66.2 Å². The van der Waals surface area contributed by atoms with Crippen molar-refractivity contribution in [2.75, 3.05) is 4.90 Å². The molecular formula is C23H18ClN5OS. The second-order valence-corrected chi connectivity index (χ2v) is 7.94. The summed E-state index contributed by atoms with van der Waals surface area (Å²) in [5.41, 5.74) is 2.32. The van der Waals surface area contributed by atoms with Crippen LogP contribution < -0.4 is 10.2 Å². The highest BCUT2D eigenvalue weighted by Crippen LogP contribution is 2.45. The quantitative estimate of drug-likeness (QED) is 0.438. The van der Waals surface area contributed by atoms with Crippen molar-refractivity contribution in [3.63, 3.8) is 0 Å². The van der Waals surface area contributed by atoms with Crippen LogP contribution in [0.2, 0.25) is 5.02 Å². The summed E-state index contributed by atoms with van der Waals surface area (Å²) in [6.45, 7) is 0. The molecule has 154 valence electrons. The van der Waals surface area contributed by atoms with Gasteiger partial charge >= 0.3 is 0 Å². The van der Waals surface area contributed by atoms with Gasteiger partial charge < -0.3 is 19.9 Å². The number of thiocarbonyl (C=S) groups is 1. The molecule has 31 heavy (non-hydrogen) atoms. The van der Waals surface area contributed by atoms with Gasteiger partial charge in [0, 0.05) is 29.3 Å². The lowest BCUT2D eigenvalue weighted by molar-refractivity contribution is 0.472. The predicted octanol–water partition coefficient (Wildman–Crippen LogP) is 4.80. The van der Waals surface area contributed by atoms with Gasteiger partial charge in [0.2, 0.25) is 0 Å². The fourth-order valence-electron chi connectivity index (χ4n) is 3.94. The average molecular weight is 448 g/mol. The van der Waals surface area contributed by atoms with Crippen LogP contribution in [-0.4, -0.2) is 24.8 Å². The SMILES string of the molecule is Oc1ccc(Cl)cc1N1C(=S)N[C@H](c2ccccn2)[C@H]1c1cccn1-c1ccccn1. The Kier molecular flexibility index (Phi) is 5.05. The van der Waals surface area contributed by atoms with Crippen molar-refractivity contribution in [3.05, 3.63) is 102 Å². The minimum atomic E-state index is -0.302. The summed E-state index contributed by atoms with van der Waals surface area (Å²) < 4.78 is 2.02. The number of phenolic OH excluding ortho intramolecular Hbond substituents is 1. The van der Waals surface area contributed by atoms with E-state index in [0.29, 0.717) is 15.8 Å². The Morgan fingerprint density at radius 3 is 2.52 bits per heavy atom. The van der Waals surface area contributed by atoms with Gasteiger partial charge in [-0.1, -0.05) is 23.7 Å². The van der Waals surface area contributed by atoms with E-state index in [4.69, 9.17) is 23.8 Å². The first-order valence-electron chi connectivity index (χ1n) is 9.71. The van der Waals surface area contributed by atoms with Crippen molar-refractivity contribution >= 4 is 34.6 Å². The van der Waals surface area contributed by atoms with E-state index in [1.54, 1.807) is 30.6 Å². The Bertz CT molecular complexity index is 1230. The molecule has 0 radical (unpaired) electrons. The maximum absolute atomic E-state index is 10.6. The monoisotopic (exact) mass is 447 g/mol. The van der Waals surface area contributed by atoms with Gasteiger partial charge in [-0.2, -0.15) is 0 Å². The number of benzene rings is 1. The number of nitrogens with one attached hydrogen (secondary N) is 1. The summed E-state index contributed by atoms with van der Waals surface area (Å²) in [4.78, 5) is 11.0. The average Bonchev–Trinajstić information content (AvgIpc) is 3.41. The zero-order valence-electron chi connectivity index (χ0n) is 16.3. The zero-order chi connectivity index (χ0) is 21.4. The van der Waals surface area contributed by atoms with Gasteiger partial charge in [-0.3, -0.25) is 4.98 Å². The highest BCUT2D eigenvalue weighted by Gasteiger charge is 2.43. The lowest BCUT2D eigenvalue weighted by Gasteiger charge is -2.29. The molecule has 1 fully saturated rings. The van der Waals surface area contributed by atoms with Gasteiger partial charge in [-0.05, 0) is 66.8 Å². The van der Waals surface area contributed by atoms with Crippen molar-refractivity contribution in [2.45, 2.75) is 12.1 Å². The van der Waals surface area contributed by atoms with Crippen LogP contribution in [0.3, 0.4) is 0 Å². The van der Waals surface area contributed by atoms with Crippen LogP contribution in [-0.2, 0) is 0 Å². The molecule has 1 saturated heterocycles. The first-order valence-corrected chi connectivity index (χ1v) is 10.5. The number of aromatic nitrogens is 3. The third-order valence-electron chi connectivity index (χ3n) is 5.27. The molecule has 0 saturated carbocycles. The molecule has 1 aliphatic rings. The predicted molar refractivity (Wildman–Crippen MR) is 125 cm³/mol. The summed E-state index contributed by atoms with van der Waals surface area (Å²) in [7, 11) is 0. The Morgan fingerprint density at radius 2 is 1.77 bits per heavy atom. The number of phenols is 1. The second-order valence-electron chi connectivity index (χ2n) is 7.12. The minimum Gasteiger partial charge on any atom is -0.506 e. The smallest absolute Gasteiger partial charge is 0.174 e. The molecule has 4 heterocycles. The fraction of sp³-hybridized carbons (Fsp3) is 0.0870. The third-order valence-corrected chi connectivity index (χ3v) is 5.82. The van der Waals surface area contributed by atoms with Crippen molar-refractivity contribution < 1.29 is 5.11 Å². The van der Waals surface area contributed by atoms with Gasteiger partial charge in [-0.15, -0.1) is 0 Å². The van der Waals surface area contributed by atoms with Crippen LogP contribution in [0.5, 0.6) is 5.75 Å². The largest absolute Gasteiger partial charge is 0.506 e. The van der Waals surface area contributed by atoms with E-state index >= 15 is 0 Å². The third kappa shape index (κ3) is 3.52. The number of aromatic hydroxyl groups is 1. The van der Waals surface area contributed by atoms with Gasteiger partial charge in [0.15, 0.2) is 5.11 Å². The number of hydrogen-bond donors (Lipinski definition) is 2. The van der Waals surface area contributed by atoms with Gasteiger partial charge in [-0.25, -0.2) is 4.98 Å². The molecule has 2 N–H and O–H groups in total. The Balaban J connectivity index is 1.70.